The standard InChI is InChI=1S/C17H17N3/c1-12(18)10-17-19-9-8-16(20-17)15-7-6-13-4-2-3-5-14(13)11-15/h2-9,11-12H,10,18H2,1H3. The largest absolute Gasteiger partial charge is 0.328 e. The van der Waals surface area contributed by atoms with Crippen LogP contribution in [-0.4, -0.2) is 16.0 Å². The molecule has 3 aromatic rings. The number of benzene rings is 2. The van der Waals surface area contributed by atoms with E-state index in [1.165, 1.54) is 10.8 Å². The topological polar surface area (TPSA) is 51.8 Å². The van der Waals surface area contributed by atoms with Gasteiger partial charge in [-0.25, -0.2) is 9.97 Å². The minimum Gasteiger partial charge on any atom is -0.328 e. The third-order valence-corrected chi connectivity index (χ3v) is 3.26. The predicted octanol–water partition coefficient (Wildman–Crippen LogP) is 3.19. The van der Waals surface area contributed by atoms with Gasteiger partial charge in [0.2, 0.25) is 0 Å². The van der Waals surface area contributed by atoms with Crippen LogP contribution in [0.15, 0.2) is 54.7 Å². The molecule has 3 rings (SSSR count). The molecule has 1 unspecified atom stereocenters. The summed E-state index contributed by atoms with van der Waals surface area (Å²) in [4.78, 5) is 8.88. The van der Waals surface area contributed by atoms with Gasteiger partial charge in [0.1, 0.15) is 5.82 Å². The Kier molecular flexibility index (Phi) is 3.44. The van der Waals surface area contributed by atoms with Crippen molar-refractivity contribution < 1.29 is 0 Å². The van der Waals surface area contributed by atoms with Crippen LogP contribution in [0, 0.1) is 0 Å². The van der Waals surface area contributed by atoms with E-state index in [4.69, 9.17) is 5.73 Å². The fourth-order valence-electron chi connectivity index (χ4n) is 2.29. The average molecular weight is 263 g/mol. The average Bonchev–Trinajstić information content (AvgIpc) is 2.46. The number of nitrogens with zero attached hydrogens (tertiary/aromatic N) is 2. The van der Waals surface area contributed by atoms with Crippen molar-refractivity contribution in [3.8, 4) is 11.3 Å². The smallest absolute Gasteiger partial charge is 0.130 e. The minimum atomic E-state index is 0.0712. The summed E-state index contributed by atoms with van der Waals surface area (Å²) >= 11 is 0. The molecule has 0 aliphatic carbocycles. The molecule has 2 aromatic carbocycles. The highest BCUT2D eigenvalue weighted by Crippen LogP contribution is 2.22. The number of fused-ring (bicyclic) bond motifs is 1. The summed E-state index contributed by atoms with van der Waals surface area (Å²) < 4.78 is 0. The zero-order valence-corrected chi connectivity index (χ0v) is 11.5. The maximum Gasteiger partial charge on any atom is 0.130 e. The predicted molar refractivity (Wildman–Crippen MR) is 82.3 cm³/mol. The van der Waals surface area contributed by atoms with Crippen molar-refractivity contribution in [1.29, 1.82) is 0 Å². The van der Waals surface area contributed by atoms with Crippen LogP contribution >= 0.6 is 0 Å². The summed E-state index contributed by atoms with van der Waals surface area (Å²) in [5.41, 5.74) is 7.86. The minimum absolute atomic E-state index is 0.0712. The molecule has 0 spiro atoms. The molecule has 1 atom stereocenters. The van der Waals surface area contributed by atoms with Crippen LogP contribution in [0.1, 0.15) is 12.7 Å². The van der Waals surface area contributed by atoms with E-state index in [1.54, 1.807) is 6.20 Å². The maximum absolute atomic E-state index is 5.81. The van der Waals surface area contributed by atoms with Crippen LogP contribution in [0.2, 0.25) is 0 Å². The Bertz CT molecular complexity index is 735. The third-order valence-electron chi connectivity index (χ3n) is 3.26. The molecule has 3 nitrogen and oxygen atoms in total. The zero-order valence-electron chi connectivity index (χ0n) is 11.5. The molecule has 0 radical (unpaired) electrons. The third kappa shape index (κ3) is 2.68. The molecule has 1 heterocycles. The highest BCUT2D eigenvalue weighted by Gasteiger charge is 2.05. The van der Waals surface area contributed by atoms with Gasteiger partial charge in [-0.15, -0.1) is 0 Å². The van der Waals surface area contributed by atoms with Crippen molar-refractivity contribution in [1.82, 2.24) is 9.97 Å². The summed E-state index contributed by atoms with van der Waals surface area (Å²) in [6.45, 7) is 1.96. The zero-order chi connectivity index (χ0) is 13.9. The van der Waals surface area contributed by atoms with Gasteiger partial charge in [-0.05, 0) is 29.8 Å². The number of hydrogen-bond acceptors (Lipinski definition) is 3. The molecule has 0 saturated carbocycles. The molecule has 2 N–H and O–H groups in total. The van der Waals surface area contributed by atoms with E-state index in [9.17, 15) is 0 Å². The van der Waals surface area contributed by atoms with Crippen molar-refractivity contribution in [2.75, 3.05) is 0 Å². The first-order chi connectivity index (χ1) is 9.72. The molecule has 1 aromatic heterocycles. The summed E-state index contributed by atoms with van der Waals surface area (Å²) in [5.74, 6) is 0.797. The molecule has 0 bridgehead atoms. The van der Waals surface area contributed by atoms with E-state index >= 15 is 0 Å². The van der Waals surface area contributed by atoms with Crippen molar-refractivity contribution in [2.24, 2.45) is 5.73 Å². The molecule has 0 aliphatic heterocycles. The number of nitrogens with two attached hydrogens (primary N) is 1. The lowest BCUT2D eigenvalue weighted by molar-refractivity contribution is 0.702. The Balaban J connectivity index is 2.01. The Hall–Kier alpha value is -2.26. The van der Waals surface area contributed by atoms with Crippen molar-refractivity contribution in [3.63, 3.8) is 0 Å². The Morgan fingerprint density at radius 2 is 1.85 bits per heavy atom. The lowest BCUT2D eigenvalue weighted by Crippen LogP contribution is -2.19. The first kappa shape index (κ1) is 12.8. The normalized spacial score (nSPS) is 12.5. The number of rotatable bonds is 3. The molecule has 0 fully saturated rings. The van der Waals surface area contributed by atoms with Gasteiger partial charge in [0.05, 0.1) is 5.69 Å². The monoisotopic (exact) mass is 263 g/mol. The number of aromatic nitrogens is 2. The van der Waals surface area contributed by atoms with Gasteiger partial charge in [-0.1, -0.05) is 36.4 Å². The van der Waals surface area contributed by atoms with Crippen molar-refractivity contribution in [3.05, 3.63) is 60.6 Å². The molecule has 100 valence electrons. The molecular weight excluding hydrogens is 246 g/mol. The molecule has 0 saturated heterocycles. The Morgan fingerprint density at radius 3 is 2.65 bits per heavy atom. The van der Waals surface area contributed by atoms with Gasteiger partial charge in [0, 0.05) is 24.2 Å². The highest BCUT2D eigenvalue weighted by atomic mass is 14.9. The van der Waals surface area contributed by atoms with E-state index in [0.29, 0.717) is 6.42 Å². The summed E-state index contributed by atoms with van der Waals surface area (Å²) in [7, 11) is 0. The van der Waals surface area contributed by atoms with Crippen molar-refractivity contribution >= 4 is 10.8 Å². The van der Waals surface area contributed by atoms with Gasteiger partial charge in [-0.2, -0.15) is 0 Å². The summed E-state index contributed by atoms with van der Waals surface area (Å²) in [6.07, 6.45) is 2.50. The van der Waals surface area contributed by atoms with E-state index in [-0.39, 0.29) is 6.04 Å². The van der Waals surface area contributed by atoms with Crippen LogP contribution in [0.3, 0.4) is 0 Å². The highest BCUT2D eigenvalue weighted by molar-refractivity contribution is 5.86. The molecule has 0 amide bonds. The SMILES string of the molecule is CC(N)Cc1nccc(-c2ccc3ccccc3c2)n1. The second kappa shape index (κ2) is 5.39. The van der Waals surface area contributed by atoms with E-state index in [1.807, 2.05) is 25.1 Å². The maximum atomic E-state index is 5.81. The quantitative estimate of drug-likeness (QED) is 0.789. The lowest BCUT2D eigenvalue weighted by atomic mass is 10.0. The molecular formula is C17H17N3. The van der Waals surface area contributed by atoms with E-state index < -0.39 is 0 Å². The Labute approximate surface area is 118 Å². The van der Waals surface area contributed by atoms with Crippen LogP contribution in [0.25, 0.3) is 22.0 Å². The van der Waals surface area contributed by atoms with Crippen LogP contribution < -0.4 is 5.73 Å². The van der Waals surface area contributed by atoms with Gasteiger partial charge >= 0.3 is 0 Å². The second-order valence-electron chi connectivity index (χ2n) is 5.10. The first-order valence-corrected chi connectivity index (χ1v) is 6.79. The van der Waals surface area contributed by atoms with Crippen LogP contribution in [-0.2, 0) is 6.42 Å². The van der Waals surface area contributed by atoms with Crippen molar-refractivity contribution in [2.45, 2.75) is 19.4 Å². The van der Waals surface area contributed by atoms with Gasteiger partial charge in [0.15, 0.2) is 0 Å². The van der Waals surface area contributed by atoms with Gasteiger partial charge in [-0.3, -0.25) is 0 Å². The van der Waals surface area contributed by atoms with Crippen LogP contribution in [0.5, 0.6) is 0 Å². The molecule has 0 aliphatic rings. The fraction of sp³-hybridized carbons (Fsp3) is 0.176. The van der Waals surface area contributed by atoms with E-state index in [2.05, 4.69) is 40.3 Å². The fourth-order valence-corrected chi connectivity index (χ4v) is 2.29. The molecule has 3 heteroatoms. The summed E-state index contributed by atoms with van der Waals surface area (Å²) in [6, 6.07) is 16.7. The first-order valence-electron chi connectivity index (χ1n) is 6.79. The van der Waals surface area contributed by atoms with Crippen LogP contribution in [0.4, 0.5) is 0 Å². The summed E-state index contributed by atoms with van der Waals surface area (Å²) in [5, 5.41) is 2.46. The van der Waals surface area contributed by atoms with E-state index in [0.717, 1.165) is 17.1 Å². The van der Waals surface area contributed by atoms with Gasteiger partial charge < -0.3 is 5.73 Å². The Morgan fingerprint density at radius 1 is 1.05 bits per heavy atom. The lowest BCUT2D eigenvalue weighted by Gasteiger charge is -2.07. The molecule has 20 heavy (non-hydrogen) atoms. The second-order valence-corrected chi connectivity index (χ2v) is 5.10. The van der Waals surface area contributed by atoms with Gasteiger partial charge in [0.25, 0.3) is 0 Å². The number of hydrogen-bond donors (Lipinski definition) is 1.